The highest BCUT2D eigenvalue weighted by Crippen LogP contribution is 2.19. The Morgan fingerprint density at radius 3 is 2.06 bits per heavy atom. The molecule has 0 bridgehead atoms. The molecule has 0 aliphatic carbocycles. The van der Waals surface area contributed by atoms with Crippen LogP contribution in [0.3, 0.4) is 0 Å². The minimum Gasteiger partial charge on any atom is -0.376 e. The first-order valence-corrected chi connectivity index (χ1v) is 5.84. The largest absolute Gasteiger partial charge is 0.376 e. The van der Waals surface area contributed by atoms with Gasteiger partial charge in [0.2, 0.25) is 0 Å². The highest BCUT2D eigenvalue weighted by Gasteiger charge is 2.06. The molecule has 2 aromatic rings. The van der Waals surface area contributed by atoms with Crippen LogP contribution in [0.2, 0.25) is 0 Å². The summed E-state index contributed by atoms with van der Waals surface area (Å²) in [5.74, 6) is -0.290. The predicted molar refractivity (Wildman–Crippen MR) is 76.1 cm³/mol. The van der Waals surface area contributed by atoms with Crippen LogP contribution in [0.1, 0.15) is 10.4 Å². The fraction of sp³-hybridized carbons (Fsp3) is 0. The number of amides is 1. The van der Waals surface area contributed by atoms with Crippen LogP contribution in [-0.4, -0.2) is 11.0 Å². The molecule has 0 aliphatic rings. The Labute approximate surface area is 111 Å². The summed E-state index contributed by atoms with van der Waals surface area (Å²) in [6, 6.07) is 17.2. The predicted octanol–water partition coefficient (Wildman–Crippen LogP) is 2.33. The van der Waals surface area contributed by atoms with E-state index in [1.165, 1.54) is 0 Å². The van der Waals surface area contributed by atoms with Crippen molar-refractivity contribution in [2.75, 3.05) is 0 Å². The highest BCUT2D eigenvalue weighted by atomic mass is 32.1. The molecule has 3 N–H and O–H groups in total. The molecule has 0 spiro atoms. The summed E-state index contributed by atoms with van der Waals surface area (Å²) < 4.78 is 0. The van der Waals surface area contributed by atoms with Crippen molar-refractivity contribution in [2.45, 2.75) is 0 Å². The third kappa shape index (κ3) is 2.93. The van der Waals surface area contributed by atoms with Crippen molar-refractivity contribution in [2.24, 2.45) is 5.73 Å². The van der Waals surface area contributed by atoms with Crippen molar-refractivity contribution in [3.8, 4) is 11.1 Å². The van der Waals surface area contributed by atoms with Crippen LogP contribution in [-0.2, 0) is 0 Å². The maximum atomic E-state index is 11.6. The van der Waals surface area contributed by atoms with Crippen LogP contribution in [0, 0.1) is 0 Å². The van der Waals surface area contributed by atoms with Crippen molar-refractivity contribution in [1.29, 1.82) is 0 Å². The van der Waals surface area contributed by atoms with Crippen molar-refractivity contribution in [3.63, 3.8) is 0 Å². The lowest BCUT2D eigenvalue weighted by Gasteiger charge is -2.04. The molecule has 0 aromatic heterocycles. The van der Waals surface area contributed by atoms with E-state index in [4.69, 9.17) is 5.73 Å². The molecular formula is C14H12N2OS. The summed E-state index contributed by atoms with van der Waals surface area (Å²) in [7, 11) is 0. The van der Waals surface area contributed by atoms with E-state index in [0.717, 1.165) is 11.1 Å². The van der Waals surface area contributed by atoms with E-state index in [2.05, 4.69) is 17.5 Å². The molecule has 0 aliphatic heterocycles. The zero-order valence-corrected chi connectivity index (χ0v) is 10.4. The van der Waals surface area contributed by atoms with Gasteiger partial charge in [-0.25, -0.2) is 0 Å². The van der Waals surface area contributed by atoms with Gasteiger partial charge in [0.15, 0.2) is 5.11 Å². The molecule has 3 nitrogen and oxygen atoms in total. The van der Waals surface area contributed by atoms with Crippen LogP contribution in [0.15, 0.2) is 54.6 Å². The van der Waals surface area contributed by atoms with E-state index in [1.807, 2.05) is 42.5 Å². The van der Waals surface area contributed by atoms with Gasteiger partial charge in [-0.3, -0.25) is 10.1 Å². The third-order valence-corrected chi connectivity index (χ3v) is 2.59. The maximum Gasteiger partial charge on any atom is 0.257 e. The van der Waals surface area contributed by atoms with E-state index < -0.39 is 0 Å². The lowest BCUT2D eigenvalue weighted by molar-refractivity contribution is 0.0977. The van der Waals surface area contributed by atoms with Gasteiger partial charge >= 0.3 is 0 Å². The summed E-state index contributed by atoms with van der Waals surface area (Å²) in [5, 5.41) is 2.37. The van der Waals surface area contributed by atoms with E-state index in [0.29, 0.717) is 5.56 Å². The molecule has 18 heavy (non-hydrogen) atoms. The van der Waals surface area contributed by atoms with Crippen molar-refractivity contribution >= 4 is 23.2 Å². The van der Waals surface area contributed by atoms with Crippen molar-refractivity contribution < 1.29 is 4.79 Å². The molecule has 0 heterocycles. The topological polar surface area (TPSA) is 55.1 Å². The van der Waals surface area contributed by atoms with Crippen LogP contribution in [0.5, 0.6) is 0 Å². The molecule has 0 radical (unpaired) electrons. The smallest absolute Gasteiger partial charge is 0.257 e. The summed E-state index contributed by atoms with van der Waals surface area (Å²) in [6.45, 7) is 0. The summed E-state index contributed by atoms with van der Waals surface area (Å²) in [4.78, 5) is 11.6. The third-order valence-electron chi connectivity index (χ3n) is 2.49. The number of hydrogen-bond donors (Lipinski definition) is 2. The summed E-state index contributed by atoms with van der Waals surface area (Å²) >= 11 is 4.62. The fourth-order valence-corrected chi connectivity index (χ4v) is 1.72. The first kappa shape index (κ1) is 12.3. The molecule has 1 amide bonds. The van der Waals surface area contributed by atoms with Gasteiger partial charge in [0.1, 0.15) is 0 Å². The number of nitrogens with one attached hydrogen (secondary N) is 1. The molecule has 4 heteroatoms. The quantitative estimate of drug-likeness (QED) is 0.811. The van der Waals surface area contributed by atoms with E-state index in [-0.39, 0.29) is 11.0 Å². The average molecular weight is 256 g/mol. The number of nitrogens with two attached hydrogens (primary N) is 1. The molecule has 0 atom stereocenters. The lowest BCUT2D eigenvalue weighted by atomic mass is 10.0. The molecule has 0 saturated carbocycles. The molecule has 90 valence electrons. The molecule has 2 rings (SSSR count). The van der Waals surface area contributed by atoms with E-state index in [9.17, 15) is 4.79 Å². The van der Waals surface area contributed by atoms with Crippen LogP contribution < -0.4 is 11.1 Å². The molecule has 0 unspecified atom stereocenters. The van der Waals surface area contributed by atoms with Gasteiger partial charge in [-0.05, 0) is 35.5 Å². The Morgan fingerprint density at radius 1 is 0.944 bits per heavy atom. The molecule has 0 saturated heterocycles. The minimum atomic E-state index is -0.290. The van der Waals surface area contributed by atoms with Crippen LogP contribution in [0.25, 0.3) is 11.1 Å². The standard InChI is InChI=1S/C14H12N2OS/c15-14(18)16-13(17)12-8-6-11(7-9-12)10-4-2-1-3-5-10/h1-9H,(H3,15,16,17,18). The minimum absolute atomic E-state index is 0.0212. The van der Waals surface area contributed by atoms with Gasteiger partial charge in [0.05, 0.1) is 0 Å². The van der Waals surface area contributed by atoms with Gasteiger partial charge in [0, 0.05) is 5.56 Å². The van der Waals surface area contributed by atoms with Crippen LogP contribution >= 0.6 is 12.2 Å². The second-order valence-electron chi connectivity index (χ2n) is 3.76. The van der Waals surface area contributed by atoms with Gasteiger partial charge in [-0.2, -0.15) is 0 Å². The number of carbonyl (C=O) groups excluding carboxylic acids is 1. The van der Waals surface area contributed by atoms with E-state index in [1.54, 1.807) is 12.1 Å². The summed E-state index contributed by atoms with van der Waals surface area (Å²) in [5.41, 5.74) is 7.95. The first-order valence-electron chi connectivity index (χ1n) is 5.43. The number of hydrogen-bond acceptors (Lipinski definition) is 2. The summed E-state index contributed by atoms with van der Waals surface area (Å²) in [6.07, 6.45) is 0. The zero-order chi connectivity index (χ0) is 13.0. The Kier molecular flexibility index (Phi) is 3.69. The van der Waals surface area contributed by atoms with Gasteiger partial charge in [0.25, 0.3) is 5.91 Å². The SMILES string of the molecule is NC(=S)NC(=O)c1ccc(-c2ccccc2)cc1. The number of rotatable bonds is 2. The van der Waals surface area contributed by atoms with Gasteiger partial charge in [-0.15, -0.1) is 0 Å². The van der Waals surface area contributed by atoms with Crippen molar-refractivity contribution in [1.82, 2.24) is 5.32 Å². The lowest BCUT2D eigenvalue weighted by Crippen LogP contribution is -2.34. The number of thiocarbonyl (C=S) groups is 1. The Morgan fingerprint density at radius 2 is 1.50 bits per heavy atom. The van der Waals surface area contributed by atoms with Gasteiger partial charge in [-0.1, -0.05) is 42.5 Å². The fourth-order valence-electron chi connectivity index (χ4n) is 1.63. The number of benzene rings is 2. The Balaban J connectivity index is 2.20. The van der Waals surface area contributed by atoms with E-state index >= 15 is 0 Å². The second kappa shape index (κ2) is 5.42. The highest BCUT2D eigenvalue weighted by molar-refractivity contribution is 7.80. The van der Waals surface area contributed by atoms with Crippen molar-refractivity contribution in [3.05, 3.63) is 60.2 Å². The Hall–Kier alpha value is -2.20. The zero-order valence-electron chi connectivity index (χ0n) is 9.59. The van der Waals surface area contributed by atoms with Gasteiger partial charge < -0.3 is 5.73 Å². The normalized spacial score (nSPS) is 9.78. The molecule has 0 fully saturated rings. The molecular weight excluding hydrogens is 244 g/mol. The average Bonchev–Trinajstić information content (AvgIpc) is 2.39. The Bertz CT molecular complexity index is 564. The monoisotopic (exact) mass is 256 g/mol. The maximum absolute atomic E-state index is 11.6. The molecule has 2 aromatic carbocycles. The second-order valence-corrected chi connectivity index (χ2v) is 4.20. The number of carbonyl (C=O) groups is 1. The first-order chi connectivity index (χ1) is 8.66. The van der Waals surface area contributed by atoms with Crippen LogP contribution in [0.4, 0.5) is 0 Å².